The molecule has 42 heavy (non-hydrogen) atoms. The van der Waals surface area contributed by atoms with Crippen LogP contribution in [0.1, 0.15) is 74.9 Å². The second kappa shape index (κ2) is 13.4. The van der Waals surface area contributed by atoms with E-state index in [0.717, 1.165) is 42.7 Å². The van der Waals surface area contributed by atoms with Crippen molar-refractivity contribution in [1.29, 1.82) is 0 Å². The lowest BCUT2D eigenvalue weighted by atomic mass is 9.85. The molecule has 1 unspecified atom stereocenters. The molecule has 1 fully saturated rings. The van der Waals surface area contributed by atoms with E-state index >= 15 is 0 Å². The highest BCUT2D eigenvalue weighted by Gasteiger charge is 2.45. The summed E-state index contributed by atoms with van der Waals surface area (Å²) in [4.78, 5) is 30.7. The van der Waals surface area contributed by atoms with Crippen LogP contribution in [0.3, 0.4) is 0 Å². The maximum atomic E-state index is 13.5. The van der Waals surface area contributed by atoms with E-state index in [1.807, 2.05) is 55.5 Å². The SMILES string of the molecule is CCN(CC)CCCN1C(=O)C(=O)/C(=C(\O)c2ccc(OCc3ccc(C)cc3)cc2)C1c1ccc(C(C)(C)C)cc1. The van der Waals surface area contributed by atoms with Gasteiger partial charge >= 0.3 is 0 Å². The van der Waals surface area contributed by atoms with Crippen LogP contribution in [0.15, 0.2) is 78.4 Å². The molecule has 0 saturated carbocycles. The molecular weight excluding hydrogens is 524 g/mol. The molecule has 0 spiro atoms. The van der Waals surface area contributed by atoms with Gasteiger partial charge in [-0.25, -0.2) is 0 Å². The summed E-state index contributed by atoms with van der Waals surface area (Å²) in [5.74, 6) is -0.744. The number of nitrogens with zero attached hydrogens (tertiary/aromatic N) is 2. The van der Waals surface area contributed by atoms with E-state index in [1.54, 1.807) is 29.2 Å². The van der Waals surface area contributed by atoms with Gasteiger partial charge < -0.3 is 19.6 Å². The molecule has 1 aliphatic heterocycles. The van der Waals surface area contributed by atoms with Crippen molar-refractivity contribution in [2.24, 2.45) is 0 Å². The van der Waals surface area contributed by atoms with E-state index in [9.17, 15) is 14.7 Å². The minimum atomic E-state index is -0.659. The minimum absolute atomic E-state index is 0.0344. The van der Waals surface area contributed by atoms with Crippen LogP contribution in [0.4, 0.5) is 0 Å². The third kappa shape index (κ3) is 7.11. The number of ether oxygens (including phenoxy) is 1. The molecule has 4 rings (SSSR count). The minimum Gasteiger partial charge on any atom is -0.507 e. The number of Topliss-reactive ketones (excluding diaryl/α,β-unsaturated/α-hetero) is 1. The lowest BCUT2D eigenvalue weighted by Gasteiger charge is -2.27. The quantitative estimate of drug-likeness (QED) is 0.153. The van der Waals surface area contributed by atoms with Crippen molar-refractivity contribution in [2.45, 2.75) is 66.0 Å². The summed E-state index contributed by atoms with van der Waals surface area (Å²) in [6.07, 6.45) is 0.734. The molecule has 1 N–H and O–H groups in total. The van der Waals surface area contributed by atoms with Gasteiger partial charge in [-0.2, -0.15) is 0 Å². The van der Waals surface area contributed by atoms with Crippen molar-refractivity contribution in [2.75, 3.05) is 26.2 Å². The second-order valence-corrected chi connectivity index (χ2v) is 12.0. The fraction of sp³-hybridized carbons (Fsp3) is 0.389. The fourth-order valence-corrected chi connectivity index (χ4v) is 5.34. The number of carbonyl (C=O) groups excluding carboxylic acids is 2. The topological polar surface area (TPSA) is 70.1 Å². The van der Waals surface area contributed by atoms with Crippen molar-refractivity contribution >= 4 is 17.4 Å². The monoisotopic (exact) mass is 568 g/mol. The van der Waals surface area contributed by atoms with Crippen LogP contribution < -0.4 is 4.74 Å². The Kier molecular flexibility index (Phi) is 9.89. The first kappa shape index (κ1) is 31.0. The van der Waals surface area contributed by atoms with Gasteiger partial charge in [0.1, 0.15) is 18.1 Å². The van der Waals surface area contributed by atoms with Crippen LogP contribution in [0.25, 0.3) is 5.76 Å². The molecule has 6 nitrogen and oxygen atoms in total. The summed E-state index contributed by atoms with van der Waals surface area (Å²) in [7, 11) is 0. The highest BCUT2D eigenvalue weighted by atomic mass is 16.5. The molecule has 6 heteroatoms. The first-order valence-corrected chi connectivity index (χ1v) is 14.9. The van der Waals surface area contributed by atoms with Gasteiger partial charge in [-0.1, -0.05) is 88.7 Å². The zero-order valence-electron chi connectivity index (χ0n) is 25.8. The van der Waals surface area contributed by atoms with Crippen LogP contribution in [-0.2, 0) is 21.6 Å². The fourth-order valence-electron chi connectivity index (χ4n) is 5.34. The maximum Gasteiger partial charge on any atom is 0.295 e. The average Bonchev–Trinajstić information content (AvgIpc) is 3.23. The van der Waals surface area contributed by atoms with Crippen molar-refractivity contribution in [3.8, 4) is 5.75 Å². The van der Waals surface area contributed by atoms with E-state index in [0.29, 0.717) is 24.5 Å². The Labute approximate surface area is 250 Å². The molecule has 1 heterocycles. The normalized spacial score (nSPS) is 16.8. The van der Waals surface area contributed by atoms with E-state index in [-0.39, 0.29) is 16.7 Å². The number of aryl methyl sites for hydroxylation is 1. The van der Waals surface area contributed by atoms with Gasteiger partial charge in [0, 0.05) is 12.1 Å². The van der Waals surface area contributed by atoms with Gasteiger partial charge in [0.15, 0.2) is 0 Å². The third-order valence-corrected chi connectivity index (χ3v) is 8.05. The summed E-state index contributed by atoms with van der Waals surface area (Å²) >= 11 is 0. The van der Waals surface area contributed by atoms with E-state index in [4.69, 9.17) is 4.74 Å². The van der Waals surface area contributed by atoms with Gasteiger partial charge in [0.2, 0.25) is 0 Å². The lowest BCUT2D eigenvalue weighted by Crippen LogP contribution is -2.33. The predicted molar refractivity (Wildman–Crippen MR) is 169 cm³/mol. The van der Waals surface area contributed by atoms with Crippen LogP contribution in [0.5, 0.6) is 5.75 Å². The van der Waals surface area contributed by atoms with E-state index < -0.39 is 17.7 Å². The van der Waals surface area contributed by atoms with Gasteiger partial charge in [0.25, 0.3) is 11.7 Å². The number of benzene rings is 3. The Morgan fingerprint density at radius 2 is 1.52 bits per heavy atom. The van der Waals surface area contributed by atoms with Crippen molar-refractivity contribution in [1.82, 2.24) is 9.80 Å². The lowest BCUT2D eigenvalue weighted by molar-refractivity contribution is -0.140. The highest BCUT2D eigenvalue weighted by Crippen LogP contribution is 2.40. The molecule has 0 radical (unpaired) electrons. The Balaban J connectivity index is 1.63. The number of hydrogen-bond donors (Lipinski definition) is 1. The van der Waals surface area contributed by atoms with Crippen LogP contribution in [-0.4, -0.2) is 52.8 Å². The number of likely N-dealkylation sites (tertiary alicyclic amines) is 1. The van der Waals surface area contributed by atoms with Crippen molar-refractivity contribution in [3.63, 3.8) is 0 Å². The molecule has 1 saturated heterocycles. The van der Waals surface area contributed by atoms with E-state index in [1.165, 1.54) is 5.56 Å². The molecule has 3 aromatic rings. The van der Waals surface area contributed by atoms with Crippen molar-refractivity contribution in [3.05, 3.63) is 106 Å². The van der Waals surface area contributed by atoms with Gasteiger partial charge in [-0.05, 0) is 79.3 Å². The molecule has 222 valence electrons. The Morgan fingerprint density at radius 1 is 0.905 bits per heavy atom. The average molecular weight is 569 g/mol. The number of rotatable bonds is 11. The van der Waals surface area contributed by atoms with Gasteiger partial charge in [-0.15, -0.1) is 0 Å². The first-order chi connectivity index (χ1) is 20.0. The molecule has 0 bridgehead atoms. The molecular formula is C36H44N2O4. The largest absolute Gasteiger partial charge is 0.507 e. The van der Waals surface area contributed by atoms with Crippen molar-refractivity contribution < 1.29 is 19.4 Å². The predicted octanol–water partition coefficient (Wildman–Crippen LogP) is 7.03. The zero-order valence-corrected chi connectivity index (χ0v) is 25.8. The number of aliphatic hydroxyl groups excluding tert-OH is 1. The number of hydrogen-bond acceptors (Lipinski definition) is 5. The second-order valence-electron chi connectivity index (χ2n) is 12.0. The summed E-state index contributed by atoms with van der Waals surface area (Å²) in [5, 5.41) is 11.5. The number of carbonyl (C=O) groups is 2. The van der Waals surface area contributed by atoms with E-state index in [2.05, 4.69) is 39.5 Å². The molecule has 1 amide bonds. The van der Waals surface area contributed by atoms with Gasteiger partial charge in [0.05, 0.1) is 11.6 Å². The van der Waals surface area contributed by atoms with Crippen LogP contribution in [0, 0.1) is 6.92 Å². The Bertz CT molecular complexity index is 1400. The molecule has 3 aromatic carbocycles. The molecule has 1 atom stereocenters. The van der Waals surface area contributed by atoms with Gasteiger partial charge in [-0.3, -0.25) is 9.59 Å². The molecule has 0 aliphatic carbocycles. The summed E-state index contributed by atoms with van der Waals surface area (Å²) < 4.78 is 5.93. The number of aliphatic hydroxyl groups is 1. The maximum absolute atomic E-state index is 13.5. The molecule has 1 aliphatic rings. The van der Waals surface area contributed by atoms with Crippen LogP contribution in [0.2, 0.25) is 0 Å². The standard InChI is InChI=1S/C36H44N2O4/c1-7-37(8-2)22-9-23-38-32(27-14-18-29(19-15-27)36(4,5)6)31(34(40)35(38)41)33(39)28-16-20-30(21-17-28)42-24-26-12-10-25(3)11-13-26/h10-21,32,39H,7-9,22-24H2,1-6H3/b33-31-. The number of ketones is 1. The Morgan fingerprint density at radius 3 is 2.10 bits per heavy atom. The smallest absolute Gasteiger partial charge is 0.295 e. The highest BCUT2D eigenvalue weighted by molar-refractivity contribution is 6.46. The zero-order chi connectivity index (χ0) is 30.4. The summed E-state index contributed by atoms with van der Waals surface area (Å²) in [6, 6.07) is 22.6. The Hall–Kier alpha value is -3.90. The molecule has 0 aromatic heterocycles. The third-order valence-electron chi connectivity index (χ3n) is 8.05. The number of amides is 1. The first-order valence-electron chi connectivity index (χ1n) is 14.9. The summed E-state index contributed by atoms with van der Waals surface area (Å²) in [5.41, 5.74) is 4.78. The summed E-state index contributed by atoms with van der Waals surface area (Å²) in [6.45, 7) is 16.3. The van der Waals surface area contributed by atoms with Crippen LogP contribution >= 0.6 is 0 Å².